The second-order valence-corrected chi connectivity index (χ2v) is 5.62. The molecule has 27 heavy (non-hydrogen) atoms. The van der Waals surface area contributed by atoms with Crippen LogP contribution in [0.1, 0.15) is 22.0 Å². The zero-order chi connectivity index (χ0) is 20.0. The van der Waals surface area contributed by atoms with Crippen molar-refractivity contribution in [1.82, 2.24) is 10.6 Å². The average Bonchev–Trinajstić information content (AvgIpc) is 2.65. The van der Waals surface area contributed by atoms with Crippen molar-refractivity contribution in [2.45, 2.75) is 6.10 Å². The summed E-state index contributed by atoms with van der Waals surface area (Å²) in [6, 6.07) is 10.5. The molecule has 0 unspecified atom stereocenters. The fourth-order valence-electron chi connectivity index (χ4n) is 2.14. The van der Waals surface area contributed by atoms with Crippen LogP contribution in [0.4, 0.5) is 10.5 Å². The van der Waals surface area contributed by atoms with Crippen molar-refractivity contribution < 1.29 is 24.0 Å². The van der Waals surface area contributed by atoms with E-state index in [-0.39, 0.29) is 10.6 Å². The molecule has 10 heteroatoms. The van der Waals surface area contributed by atoms with Crippen LogP contribution in [0.15, 0.2) is 48.5 Å². The normalized spacial score (nSPS) is 11.2. The first kappa shape index (κ1) is 19.9. The molecule has 0 aliphatic carbocycles. The number of halogens is 1. The third-order valence-corrected chi connectivity index (χ3v) is 3.64. The van der Waals surface area contributed by atoms with Gasteiger partial charge in [0, 0.05) is 23.7 Å². The molecule has 0 heterocycles. The van der Waals surface area contributed by atoms with E-state index in [0.29, 0.717) is 0 Å². The smallest absolute Gasteiger partial charge is 0.346 e. The van der Waals surface area contributed by atoms with Crippen LogP contribution in [0.5, 0.6) is 0 Å². The van der Waals surface area contributed by atoms with Crippen LogP contribution in [0.3, 0.4) is 0 Å². The SMILES string of the molecule is CNC(=O)NC(=O)[C@@H](OC(=O)c1cc(Cl)ccc1[N+](=O)[O-])c1ccccc1. The Morgan fingerprint density at radius 1 is 1.15 bits per heavy atom. The topological polar surface area (TPSA) is 128 Å². The molecule has 9 nitrogen and oxygen atoms in total. The van der Waals surface area contributed by atoms with Crippen molar-refractivity contribution >= 4 is 35.2 Å². The van der Waals surface area contributed by atoms with Gasteiger partial charge in [0.1, 0.15) is 5.56 Å². The number of amides is 3. The Morgan fingerprint density at radius 2 is 1.81 bits per heavy atom. The maximum Gasteiger partial charge on any atom is 0.346 e. The van der Waals surface area contributed by atoms with Crippen molar-refractivity contribution in [2.75, 3.05) is 7.05 Å². The Labute approximate surface area is 158 Å². The number of nitro groups is 1. The maximum atomic E-state index is 12.5. The van der Waals surface area contributed by atoms with Crippen molar-refractivity contribution in [1.29, 1.82) is 0 Å². The molecular formula is C17H14ClN3O6. The Bertz CT molecular complexity index is 887. The van der Waals surface area contributed by atoms with Gasteiger partial charge in [0.15, 0.2) is 0 Å². The van der Waals surface area contributed by atoms with Gasteiger partial charge in [-0.25, -0.2) is 9.59 Å². The summed E-state index contributed by atoms with van der Waals surface area (Å²) in [6.45, 7) is 0. The number of esters is 1. The highest BCUT2D eigenvalue weighted by Crippen LogP contribution is 2.26. The number of nitrogens with one attached hydrogen (secondary N) is 2. The molecule has 2 rings (SSSR count). The Hall–Kier alpha value is -3.46. The number of rotatable bonds is 5. The summed E-state index contributed by atoms with van der Waals surface area (Å²) >= 11 is 5.81. The van der Waals surface area contributed by atoms with E-state index < -0.39 is 40.2 Å². The number of carbonyl (C=O) groups is 3. The van der Waals surface area contributed by atoms with E-state index in [0.717, 1.165) is 12.1 Å². The molecule has 0 aliphatic heterocycles. The number of ether oxygens (including phenoxy) is 1. The summed E-state index contributed by atoms with van der Waals surface area (Å²) < 4.78 is 5.18. The summed E-state index contributed by atoms with van der Waals surface area (Å²) in [7, 11) is 1.31. The fourth-order valence-corrected chi connectivity index (χ4v) is 2.31. The summed E-state index contributed by atoms with van der Waals surface area (Å²) in [4.78, 5) is 46.6. The Morgan fingerprint density at radius 3 is 2.41 bits per heavy atom. The minimum atomic E-state index is -1.51. The van der Waals surface area contributed by atoms with Gasteiger partial charge in [-0.2, -0.15) is 0 Å². The first-order valence-corrected chi connectivity index (χ1v) is 7.93. The Balaban J connectivity index is 2.37. The van der Waals surface area contributed by atoms with Crippen LogP contribution in [0.2, 0.25) is 5.02 Å². The highest BCUT2D eigenvalue weighted by atomic mass is 35.5. The molecule has 0 fully saturated rings. The van der Waals surface area contributed by atoms with Crippen LogP contribution in [-0.2, 0) is 9.53 Å². The predicted molar refractivity (Wildman–Crippen MR) is 95.3 cm³/mol. The summed E-state index contributed by atoms with van der Waals surface area (Å²) in [6.07, 6.45) is -1.51. The van der Waals surface area contributed by atoms with Crippen molar-refractivity contribution in [3.8, 4) is 0 Å². The molecule has 2 aromatic rings. The number of benzene rings is 2. The van der Waals surface area contributed by atoms with Gasteiger partial charge in [-0.05, 0) is 12.1 Å². The lowest BCUT2D eigenvalue weighted by atomic mass is 10.1. The monoisotopic (exact) mass is 391 g/mol. The minimum absolute atomic E-state index is 0.0821. The highest BCUT2D eigenvalue weighted by Gasteiger charge is 2.30. The van der Waals surface area contributed by atoms with E-state index in [9.17, 15) is 24.5 Å². The average molecular weight is 392 g/mol. The van der Waals surface area contributed by atoms with Crippen LogP contribution >= 0.6 is 11.6 Å². The predicted octanol–water partition coefficient (Wildman–Crippen LogP) is 2.60. The van der Waals surface area contributed by atoms with E-state index in [4.69, 9.17) is 16.3 Å². The standard InChI is InChI=1S/C17H14ClN3O6/c1-19-17(24)20-15(22)14(10-5-3-2-4-6-10)27-16(23)12-9-11(18)7-8-13(12)21(25)26/h2-9,14H,1H3,(H2,19,20,22,24)/t14-/m0/s1. The van der Waals surface area contributed by atoms with Crippen LogP contribution in [0.25, 0.3) is 0 Å². The molecule has 0 saturated heterocycles. The molecule has 1 atom stereocenters. The first-order valence-electron chi connectivity index (χ1n) is 7.56. The third-order valence-electron chi connectivity index (χ3n) is 3.40. The van der Waals surface area contributed by atoms with Crippen LogP contribution in [-0.4, -0.2) is 29.9 Å². The van der Waals surface area contributed by atoms with Gasteiger partial charge in [0.2, 0.25) is 6.10 Å². The lowest BCUT2D eigenvalue weighted by Gasteiger charge is -2.17. The Kier molecular flexibility index (Phi) is 6.45. The maximum absolute atomic E-state index is 12.5. The minimum Gasteiger partial charge on any atom is -0.443 e. The second kappa shape index (κ2) is 8.77. The number of nitrogens with zero attached hydrogens (tertiary/aromatic N) is 1. The van der Waals surface area contributed by atoms with Gasteiger partial charge in [0.25, 0.3) is 11.6 Å². The molecule has 0 spiro atoms. The van der Waals surface area contributed by atoms with E-state index in [2.05, 4.69) is 5.32 Å². The number of carbonyl (C=O) groups excluding carboxylic acids is 3. The molecule has 0 radical (unpaired) electrons. The lowest BCUT2D eigenvalue weighted by Crippen LogP contribution is -2.41. The molecule has 2 aromatic carbocycles. The zero-order valence-corrected chi connectivity index (χ0v) is 14.7. The first-order chi connectivity index (χ1) is 12.8. The lowest BCUT2D eigenvalue weighted by molar-refractivity contribution is -0.385. The van der Waals surface area contributed by atoms with Crippen molar-refractivity contribution in [3.63, 3.8) is 0 Å². The van der Waals surface area contributed by atoms with Crippen molar-refractivity contribution in [2.24, 2.45) is 0 Å². The quantitative estimate of drug-likeness (QED) is 0.458. The van der Waals surface area contributed by atoms with Crippen LogP contribution in [0, 0.1) is 10.1 Å². The third kappa shape index (κ3) is 5.02. The molecule has 0 aromatic heterocycles. The summed E-state index contributed by atoms with van der Waals surface area (Å²) in [5.41, 5.74) is -0.666. The fraction of sp³-hybridized carbons (Fsp3) is 0.118. The molecule has 0 bridgehead atoms. The van der Waals surface area contributed by atoms with Crippen LogP contribution < -0.4 is 10.6 Å². The van der Waals surface area contributed by atoms with Gasteiger partial charge in [0.05, 0.1) is 4.92 Å². The van der Waals surface area contributed by atoms with Gasteiger partial charge in [-0.15, -0.1) is 0 Å². The molecule has 0 saturated carbocycles. The molecular weight excluding hydrogens is 378 g/mol. The van der Waals surface area contributed by atoms with Crippen molar-refractivity contribution in [3.05, 3.63) is 74.8 Å². The number of nitro benzene ring substituents is 1. The second-order valence-electron chi connectivity index (χ2n) is 5.18. The molecule has 2 N–H and O–H groups in total. The van der Waals surface area contributed by atoms with Gasteiger partial charge in [-0.3, -0.25) is 20.2 Å². The van der Waals surface area contributed by atoms with E-state index >= 15 is 0 Å². The largest absolute Gasteiger partial charge is 0.443 e. The van der Waals surface area contributed by atoms with Gasteiger partial charge < -0.3 is 10.1 Å². The number of imide groups is 1. The van der Waals surface area contributed by atoms with Gasteiger partial charge in [-0.1, -0.05) is 41.9 Å². The number of hydrogen-bond acceptors (Lipinski definition) is 6. The highest BCUT2D eigenvalue weighted by molar-refractivity contribution is 6.31. The summed E-state index contributed by atoms with van der Waals surface area (Å²) in [5, 5.41) is 15.4. The van der Waals surface area contributed by atoms with E-state index in [1.165, 1.54) is 25.2 Å². The number of urea groups is 1. The van der Waals surface area contributed by atoms with E-state index in [1.54, 1.807) is 18.2 Å². The van der Waals surface area contributed by atoms with Gasteiger partial charge >= 0.3 is 12.0 Å². The van der Waals surface area contributed by atoms with E-state index in [1.807, 2.05) is 5.32 Å². The zero-order valence-electron chi connectivity index (χ0n) is 14.0. The summed E-state index contributed by atoms with van der Waals surface area (Å²) in [5.74, 6) is -2.05. The molecule has 3 amide bonds. The number of hydrogen-bond donors (Lipinski definition) is 2. The molecule has 140 valence electrons. The molecule has 0 aliphatic rings.